The summed E-state index contributed by atoms with van der Waals surface area (Å²) in [6.45, 7) is 0. The zero-order chi connectivity index (χ0) is 14.1. The molecular formula is C15H15N3O2. The number of aromatic nitrogens is 1. The summed E-state index contributed by atoms with van der Waals surface area (Å²) in [5.74, 6) is 1.06. The molecule has 0 aliphatic carbocycles. The van der Waals surface area contributed by atoms with Crippen LogP contribution in [-0.4, -0.2) is 25.0 Å². The fourth-order valence-corrected chi connectivity index (χ4v) is 2.22. The second-order valence-corrected chi connectivity index (χ2v) is 4.59. The highest BCUT2D eigenvalue weighted by Crippen LogP contribution is 2.36. The van der Waals surface area contributed by atoms with E-state index in [0.717, 1.165) is 11.3 Å². The molecule has 1 aromatic carbocycles. The molecule has 0 fully saturated rings. The van der Waals surface area contributed by atoms with Gasteiger partial charge in [-0.2, -0.15) is 0 Å². The van der Waals surface area contributed by atoms with E-state index in [2.05, 4.69) is 10.3 Å². The molecule has 102 valence electrons. The van der Waals surface area contributed by atoms with E-state index in [0.29, 0.717) is 11.6 Å². The van der Waals surface area contributed by atoms with Gasteiger partial charge in [-0.3, -0.25) is 9.69 Å². The summed E-state index contributed by atoms with van der Waals surface area (Å²) in [6.07, 6.45) is 1.02. The number of carbonyl (C=O) groups is 1. The molecule has 3 rings (SSSR count). The number of nitrogens with zero attached hydrogens (tertiary/aromatic N) is 2. The Morgan fingerprint density at radius 1 is 1.25 bits per heavy atom. The van der Waals surface area contributed by atoms with Gasteiger partial charge < -0.3 is 10.1 Å². The lowest BCUT2D eigenvalue weighted by molar-refractivity contribution is -0.126. The summed E-state index contributed by atoms with van der Waals surface area (Å²) >= 11 is 0. The minimum Gasteiger partial charge on any atom is -0.472 e. The van der Waals surface area contributed by atoms with E-state index in [4.69, 9.17) is 4.74 Å². The van der Waals surface area contributed by atoms with E-state index in [9.17, 15) is 4.79 Å². The van der Waals surface area contributed by atoms with E-state index >= 15 is 0 Å². The van der Waals surface area contributed by atoms with Crippen LogP contribution in [0.3, 0.4) is 0 Å². The normalized spacial score (nSPS) is 17.4. The number of rotatable bonds is 2. The summed E-state index contributed by atoms with van der Waals surface area (Å²) in [6, 6.07) is 11.2. The minimum atomic E-state index is -0.623. The number of anilines is 2. The molecular weight excluding hydrogens is 254 g/mol. The molecule has 5 nitrogen and oxygen atoms in total. The quantitative estimate of drug-likeness (QED) is 0.908. The van der Waals surface area contributed by atoms with Crippen LogP contribution in [0.2, 0.25) is 0 Å². The Morgan fingerprint density at radius 2 is 2.00 bits per heavy atom. The van der Waals surface area contributed by atoms with Crippen molar-refractivity contribution >= 4 is 17.4 Å². The number of carbonyl (C=O) groups excluding carboxylic acids is 1. The fraction of sp³-hybridized carbons (Fsp3) is 0.200. The molecule has 0 saturated heterocycles. The van der Waals surface area contributed by atoms with Crippen molar-refractivity contribution in [1.29, 1.82) is 0 Å². The predicted octanol–water partition coefficient (Wildman–Crippen LogP) is 2.22. The Bertz CT molecular complexity index is 640. The number of amides is 1. The van der Waals surface area contributed by atoms with Crippen molar-refractivity contribution in [2.24, 2.45) is 0 Å². The molecule has 1 N–H and O–H groups in total. The lowest BCUT2D eigenvalue weighted by Gasteiger charge is -2.31. The SMILES string of the molecule is CNc1ccc(C2Oc3cccnc3N(C)C2=O)cc1. The number of nitrogens with one attached hydrogen (secondary N) is 1. The van der Waals surface area contributed by atoms with Crippen LogP contribution in [0.15, 0.2) is 42.6 Å². The number of ether oxygens (including phenoxy) is 1. The van der Waals surface area contributed by atoms with Crippen LogP contribution in [0.5, 0.6) is 5.75 Å². The molecule has 2 heterocycles. The lowest BCUT2D eigenvalue weighted by Crippen LogP contribution is -2.38. The van der Waals surface area contributed by atoms with Gasteiger partial charge in [-0.05, 0) is 24.3 Å². The maximum atomic E-state index is 12.4. The molecule has 5 heteroatoms. The van der Waals surface area contributed by atoms with Gasteiger partial charge in [0, 0.05) is 31.5 Å². The molecule has 20 heavy (non-hydrogen) atoms. The van der Waals surface area contributed by atoms with E-state index in [-0.39, 0.29) is 5.91 Å². The maximum Gasteiger partial charge on any atom is 0.273 e. The topological polar surface area (TPSA) is 54.5 Å². The lowest BCUT2D eigenvalue weighted by atomic mass is 10.1. The zero-order valence-corrected chi connectivity index (χ0v) is 11.3. The van der Waals surface area contributed by atoms with Crippen molar-refractivity contribution in [2.75, 3.05) is 24.3 Å². The first kappa shape index (κ1) is 12.5. The fourth-order valence-electron chi connectivity index (χ4n) is 2.22. The molecule has 1 atom stereocenters. The Hall–Kier alpha value is -2.56. The Labute approximate surface area is 117 Å². The molecule has 1 amide bonds. The van der Waals surface area contributed by atoms with Crippen molar-refractivity contribution in [1.82, 2.24) is 4.98 Å². The van der Waals surface area contributed by atoms with E-state index < -0.39 is 6.10 Å². The molecule has 0 saturated carbocycles. The highest BCUT2D eigenvalue weighted by molar-refractivity contribution is 5.99. The standard InChI is InChI=1S/C15H15N3O2/c1-16-11-7-5-10(6-8-11)13-15(19)18(2)14-12(20-13)4-3-9-17-14/h3-9,13,16H,1-2H3. The number of fused-ring (bicyclic) bond motifs is 1. The van der Waals surface area contributed by atoms with Crippen LogP contribution in [0.4, 0.5) is 11.5 Å². The molecule has 0 bridgehead atoms. The first-order chi connectivity index (χ1) is 9.70. The third kappa shape index (κ3) is 1.97. The molecule has 1 aliphatic heterocycles. The highest BCUT2D eigenvalue weighted by Gasteiger charge is 2.34. The molecule has 0 radical (unpaired) electrons. The van der Waals surface area contributed by atoms with Crippen molar-refractivity contribution in [3.8, 4) is 5.75 Å². The Morgan fingerprint density at radius 3 is 2.70 bits per heavy atom. The third-order valence-corrected chi connectivity index (χ3v) is 3.37. The van der Waals surface area contributed by atoms with E-state index in [1.54, 1.807) is 19.3 Å². The van der Waals surface area contributed by atoms with Gasteiger partial charge in [0.25, 0.3) is 5.91 Å². The number of pyridine rings is 1. The van der Waals surface area contributed by atoms with Crippen molar-refractivity contribution < 1.29 is 9.53 Å². The van der Waals surface area contributed by atoms with Gasteiger partial charge in [0.2, 0.25) is 6.10 Å². The molecule has 2 aromatic rings. The number of likely N-dealkylation sites (N-methyl/N-ethyl adjacent to an activating group) is 1. The summed E-state index contributed by atoms with van der Waals surface area (Å²) in [5, 5.41) is 3.05. The van der Waals surface area contributed by atoms with Crippen LogP contribution in [-0.2, 0) is 4.79 Å². The van der Waals surface area contributed by atoms with Gasteiger partial charge in [0.05, 0.1) is 0 Å². The van der Waals surface area contributed by atoms with E-state index in [1.807, 2.05) is 37.4 Å². The van der Waals surface area contributed by atoms with Gasteiger partial charge in [0.15, 0.2) is 11.6 Å². The van der Waals surface area contributed by atoms with Gasteiger partial charge in [-0.25, -0.2) is 4.98 Å². The van der Waals surface area contributed by atoms with Crippen molar-refractivity contribution in [3.63, 3.8) is 0 Å². The largest absolute Gasteiger partial charge is 0.472 e. The second kappa shape index (κ2) is 4.85. The van der Waals surface area contributed by atoms with Crippen LogP contribution in [0, 0.1) is 0 Å². The molecule has 1 aliphatic rings. The van der Waals surface area contributed by atoms with Crippen molar-refractivity contribution in [3.05, 3.63) is 48.2 Å². The second-order valence-electron chi connectivity index (χ2n) is 4.59. The monoisotopic (exact) mass is 269 g/mol. The van der Waals surface area contributed by atoms with Gasteiger partial charge in [0.1, 0.15) is 0 Å². The van der Waals surface area contributed by atoms with Crippen molar-refractivity contribution in [2.45, 2.75) is 6.10 Å². The van der Waals surface area contributed by atoms with Gasteiger partial charge >= 0.3 is 0 Å². The highest BCUT2D eigenvalue weighted by atomic mass is 16.5. The van der Waals surface area contributed by atoms with Crippen LogP contribution < -0.4 is 15.0 Å². The zero-order valence-electron chi connectivity index (χ0n) is 11.3. The molecule has 0 spiro atoms. The van der Waals surface area contributed by atoms with Gasteiger partial charge in [-0.15, -0.1) is 0 Å². The summed E-state index contributed by atoms with van der Waals surface area (Å²) in [5.41, 5.74) is 1.82. The first-order valence-corrected chi connectivity index (χ1v) is 6.37. The summed E-state index contributed by atoms with van der Waals surface area (Å²) < 4.78 is 5.80. The van der Waals surface area contributed by atoms with Gasteiger partial charge in [-0.1, -0.05) is 12.1 Å². The summed E-state index contributed by atoms with van der Waals surface area (Å²) in [7, 11) is 3.57. The minimum absolute atomic E-state index is 0.117. The average Bonchev–Trinajstić information content (AvgIpc) is 2.51. The number of benzene rings is 1. The average molecular weight is 269 g/mol. The number of hydrogen-bond donors (Lipinski definition) is 1. The molecule has 1 aromatic heterocycles. The first-order valence-electron chi connectivity index (χ1n) is 6.37. The van der Waals surface area contributed by atoms with Crippen LogP contribution >= 0.6 is 0 Å². The Kier molecular flexibility index (Phi) is 3.02. The smallest absolute Gasteiger partial charge is 0.273 e. The Balaban J connectivity index is 1.97. The number of hydrogen-bond acceptors (Lipinski definition) is 4. The maximum absolute atomic E-state index is 12.4. The van der Waals surface area contributed by atoms with E-state index in [1.165, 1.54) is 4.90 Å². The van der Waals surface area contributed by atoms with Crippen LogP contribution in [0.25, 0.3) is 0 Å². The predicted molar refractivity (Wildman–Crippen MR) is 77.0 cm³/mol. The molecule has 1 unspecified atom stereocenters. The third-order valence-electron chi connectivity index (χ3n) is 3.37. The summed E-state index contributed by atoms with van der Waals surface area (Å²) in [4.78, 5) is 18.1. The van der Waals surface area contributed by atoms with Crippen LogP contribution in [0.1, 0.15) is 11.7 Å².